The number of likely N-dealkylation sites (tertiary alicyclic amines) is 1. The molecule has 1 saturated heterocycles. The van der Waals surface area contributed by atoms with Crippen molar-refractivity contribution < 1.29 is 14.7 Å². The number of nitrogens with one attached hydrogen (secondary N) is 1. The first kappa shape index (κ1) is 16.5. The van der Waals surface area contributed by atoms with E-state index in [1.807, 2.05) is 7.05 Å². The van der Waals surface area contributed by atoms with Crippen molar-refractivity contribution in [3.05, 3.63) is 0 Å². The van der Waals surface area contributed by atoms with Gasteiger partial charge in [-0.05, 0) is 33.0 Å². The van der Waals surface area contributed by atoms with Crippen molar-refractivity contribution in [2.75, 3.05) is 20.1 Å². The summed E-state index contributed by atoms with van der Waals surface area (Å²) < 4.78 is -0.649. The normalized spacial score (nSPS) is 21.1. The lowest BCUT2D eigenvalue weighted by molar-refractivity contribution is -0.143. The van der Waals surface area contributed by atoms with Crippen LogP contribution in [0.1, 0.15) is 19.8 Å². The van der Waals surface area contributed by atoms with E-state index >= 15 is 0 Å². The van der Waals surface area contributed by atoms with E-state index in [0.717, 1.165) is 13.1 Å². The maximum absolute atomic E-state index is 11.1. The Balaban J connectivity index is 0.00000256. The fraction of sp³-hybridized carbons (Fsp3) is 0.800. The number of carboxylic acids is 1. The summed E-state index contributed by atoms with van der Waals surface area (Å²) in [5.41, 5.74) is 0. The highest BCUT2D eigenvalue weighted by Gasteiger charge is 2.42. The first-order valence-corrected chi connectivity index (χ1v) is 5.71. The van der Waals surface area contributed by atoms with E-state index in [-0.39, 0.29) is 18.3 Å². The number of carbonyl (C=O) groups is 2. The quantitative estimate of drug-likeness (QED) is 0.655. The standard InChI is InChI=1S/C10H18N2O3S.ClH/c1-7(13)11-8(9(14)15)10(16)3-5-12(2)6-4-10;/h8,16H,3-6H2,1-2H3,(H,11,13)(H,14,15);1H. The van der Waals surface area contributed by atoms with Gasteiger partial charge in [-0.2, -0.15) is 12.6 Å². The van der Waals surface area contributed by atoms with Gasteiger partial charge in [-0.1, -0.05) is 0 Å². The molecule has 1 fully saturated rings. The minimum Gasteiger partial charge on any atom is -0.480 e. The fourth-order valence-electron chi connectivity index (χ4n) is 1.92. The number of piperidine rings is 1. The molecule has 7 heteroatoms. The molecule has 0 aliphatic carbocycles. The molecule has 100 valence electrons. The molecule has 1 rings (SSSR count). The third-order valence-corrected chi connectivity index (χ3v) is 3.69. The summed E-state index contributed by atoms with van der Waals surface area (Å²) >= 11 is 4.48. The van der Waals surface area contributed by atoms with Crippen molar-refractivity contribution in [3.63, 3.8) is 0 Å². The van der Waals surface area contributed by atoms with Crippen LogP contribution in [0.25, 0.3) is 0 Å². The molecule has 0 spiro atoms. The highest BCUT2D eigenvalue weighted by molar-refractivity contribution is 7.82. The van der Waals surface area contributed by atoms with E-state index < -0.39 is 16.8 Å². The van der Waals surface area contributed by atoms with Gasteiger partial charge in [-0.3, -0.25) is 4.79 Å². The average molecular weight is 283 g/mol. The van der Waals surface area contributed by atoms with Crippen molar-refractivity contribution in [2.45, 2.75) is 30.6 Å². The van der Waals surface area contributed by atoms with E-state index in [1.54, 1.807) is 0 Å². The molecule has 1 heterocycles. The summed E-state index contributed by atoms with van der Waals surface area (Å²) in [4.78, 5) is 24.3. The van der Waals surface area contributed by atoms with Crippen LogP contribution in [0.5, 0.6) is 0 Å². The van der Waals surface area contributed by atoms with Crippen molar-refractivity contribution in [1.82, 2.24) is 10.2 Å². The van der Waals surface area contributed by atoms with E-state index in [9.17, 15) is 9.59 Å². The van der Waals surface area contributed by atoms with Gasteiger partial charge in [0.05, 0.1) is 0 Å². The lowest BCUT2D eigenvalue weighted by Gasteiger charge is -2.40. The van der Waals surface area contributed by atoms with Crippen molar-refractivity contribution in [3.8, 4) is 0 Å². The van der Waals surface area contributed by atoms with Gasteiger partial charge in [0.1, 0.15) is 6.04 Å². The minimum atomic E-state index is -1.02. The summed E-state index contributed by atoms with van der Waals surface area (Å²) in [6.45, 7) is 2.92. The first-order valence-electron chi connectivity index (χ1n) is 5.26. The zero-order valence-corrected chi connectivity index (χ0v) is 11.7. The van der Waals surface area contributed by atoms with Crippen LogP contribution in [0, 0.1) is 0 Å². The smallest absolute Gasteiger partial charge is 0.327 e. The van der Waals surface area contributed by atoms with Gasteiger partial charge in [0, 0.05) is 11.7 Å². The van der Waals surface area contributed by atoms with Gasteiger partial charge in [0.2, 0.25) is 5.91 Å². The molecule has 1 unspecified atom stereocenters. The topological polar surface area (TPSA) is 69.6 Å². The summed E-state index contributed by atoms with van der Waals surface area (Å²) in [5.74, 6) is -1.35. The molecule has 5 nitrogen and oxygen atoms in total. The molecule has 1 atom stereocenters. The van der Waals surface area contributed by atoms with Crippen LogP contribution in [0.3, 0.4) is 0 Å². The summed E-state index contributed by atoms with van der Waals surface area (Å²) in [6, 6.07) is -0.915. The van der Waals surface area contributed by atoms with Gasteiger partial charge in [-0.15, -0.1) is 12.4 Å². The van der Waals surface area contributed by atoms with Crippen molar-refractivity contribution >= 4 is 36.9 Å². The van der Waals surface area contributed by atoms with E-state index in [1.165, 1.54) is 6.92 Å². The Morgan fingerprint density at radius 2 is 1.88 bits per heavy atom. The van der Waals surface area contributed by atoms with Gasteiger partial charge in [-0.25, -0.2) is 4.79 Å². The molecule has 0 bridgehead atoms. The van der Waals surface area contributed by atoms with Crippen LogP contribution < -0.4 is 5.32 Å². The third kappa shape index (κ3) is 4.37. The average Bonchev–Trinajstić information content (AvgIpc) is 2.19. The zero-order chi connectivity index (χ0) is 12.3. The van der Waals surface area contributed by atoms with Gasteiger partial charge < -0.3 is 15.3 Å². The second kappa shape index (κ2) is 6.47. The molecule has 0 aromatic rings. The summed E-state index contributed by atoms with van der Waals surface area (Å²) in [5, 5.41) is 11.6. The van der Waals surface area contributed by atoms with Crippen LogP contribution in [0.15, 0.2) is 0 Å². The molecule has 17 heavy (non-hydrogen) atoms. The number of nitrogens with zero attached hydrogens (tertiary/aromatic N) is 1. The Morgan fingerprint density at radius 1 is 1.41 bits per heavy atom. The maximum atomic E-state index is 11.1. The second-order valence-electron chi connectivity index (χ2n) is 4.38. The molecule has 1 aliphatic rings. The maximum Gasteiger partial charge on any atom is 0.327 e. The van der Waals surface area contributed by atoms with Crippen LogP contribution in [-0.4, -0.2) is 52.8 Å². The largest absolute Gasteiger partial charge is 0.480 e. The molecular formula is C10H19ClN2O3S. The predicted octanol–water partition coefficient (Wildman–Crippen LogP) is 0.392. The third-order valence-electron chi connectivity index (χ3n) is 2.98. The number of carboxylic acid groups (broad SMARTS) is 1. The lowest BCUT2D eigenvalue weighted by atomic mass is 9.88. The van der Waals surface area contributed by atoms with Crippen LogP contribution >= 0.6 is 25.0 Å². The number of halogens is 1. The predicted molar refractivity (Wildman–Crippen MR) is 70.9 cm³/mol. The number of amides is 1. The van der Waals surface area contributed by atoms with E-state index in [4.69, 9.17) is 5.11 Å². The first-order chi connectivity index (χ1) is 7.35. The molecular weight excluding hydrogens is 264 g/mol. The monoisotopic (exact) mass is 282 g/mol. The number of hydrogen-bond acceptors (Lipinski definition) is 4. The van der Waals surface area contributed by atoms with Crippen LogP contribution in [-0.2, 0) is 9.59 Å². The van der Waals surface area contributed by atoms with Crippen molar-refractivity contribution in [2.24, 2.45) is 0 Å². The van der Waals surface area contributed by atoms with E-state index in [0.29, 0.717) is 12.8 Å². The SMILES string of the molecule is CC(=O)NC(C(=O)O)C1(S)CCN(C)CC1.Cl. The minimum absolute atomic E-state index is 0. The van der Waals surface area contributed by atoms with Crippen LogP contribution in [0.2, 0.25) is 0 Å². The molecule has 1 aliphatic heterocycles. The Morgan fingerprint density at radius 3 is 2.24 bits per heavy atom. The molecule has 0 aromatic carbocycles. The van der Waals surface area contributed by atoms with Crippen LogP contribution in [0.4, 0.5) is 0 Å². The zero-order valence-electron chi connectivity index (χ0n) is 9.97. The highest BCUT2D eigenvalue weighted by Crippen LogP contribution is 2.32. The van der Waals surface area contributed by atoms with Gasteiger partial charge >= 0.3 is 5.97 Å². The second-order valence-corrected chi connectivity index (χ2v) is 5.27. The Labute approximate surface area is 113 Å². The Kier molecular flexibility index (Phi) is 6.29. The Bertz CT molecular complexity index is 293. The molecule has 0 aromatic heterocycles. The number of rotatable bonds is 3. The number of carbonyl (C=O) groups excluding carboxylic acids is 1. The molecule has 0 saturated carbocycles. The van der Waals surface area contributed by atoms with Crippen molar-refractivity contribution in [1.29, 1.82) is 0 Å². The number of hydrogen-bond donors (Lipinski definition) is 3. The summed E-state index contributed by atoms with van der Waals surface area (Å²) in [7, 11) is 1.99. The lowest BCUT2D eigenvalue weighted by Crippen LogP contribution is -2.57. The number of thiol groups is 1. The molecule has 0 radical (unpaired) electrons. The van der Waals surface area contributed by atoms with Gasteiger partial charge in [0.15, 0.2) is 0 Å². The summed E-state index contributed by atoms with van der Waals surface area (Å²) in [6.07, 6.45) is 1.31. The van der Waals surface area contributed by atoms with Gasteiger partial charge in [0.25, 0.3) is 0 Å². The molecule has 1 amide bonds. The Hall–Kier alpha value is -0.460. The fourth-order valence-corrected chi connectivity index (χ4v) is 2.30. The molecule has 2 N–H and O–H groups in total. The van der Waals surface area contributed by atoms with E-state index in [2.05, 4.69) is 22.8 Å². The highest BCUT2D eigenvalue weighted by atomic mass is 35.5. The number of aliphatic carboxylic acids is 1.